The molecule has 2 N–H and O–H groups in total. The Morgan fingerprint density at radius 2 is 2.12 bits per heavy atom. The van der Waals surface area contributed by atoms with Crippen molar-refractivity contribution in [2.24, 2.45) is 5.92 Å². The lowest BCUT2D eigenvalue weighted by Gasteiger charge is -2.24. The Bertz CT molecular complexity index is 656. The highest BCUT2D eigenvalue weighted by atomic mass is 16.3. The summed E-state index contributed by atoms with van der Waals surface area (Å²) < 4.78 is 1.98. The normalized spacial score (nSPS) is 20.7. The minimum Gasteiger partial charge on any atom is -0.393 e. The van der Waals surface area contributed by atoms with Crippen LogP contribution in [0.3, 0.4) is 0 Å². The standard InChI is InChI=1S/C18H24N4O2/c23-16-8-4-7-15(11-16)18(24)19-12-17-21-20-13-22(17)10-9-14-5-2-1-3-6-14/h1-3,5-6,13,15-16,23H,4,7-12H2,(H,19,24)/t15-,16-/m0/s1. The Hall–Kier alpha value is -2.21. The van der Waals surface area contributed by atoms with Crippen molar-refractivity contribution < 1.29 is 9.90 Å². The van der Waals surface area contributed by atoms with Crippen LogP contribution < -0.4 is 5.32 Å². The van der Waals surface area contributed by atoms with E-state index < -0.39 is 0 Å². The molecule has 128 valence electrons. The van der Waals surface area contributed by atoms with Crippen LogP contribution in [0, 0.1) is 5.92 Å². The van der Waals surface area contributed by atoms with Crippen molar-refractivity contribution in [2.45, 2.75) is 51.3 Å². The third-order valence-corrected chi connectivity index (χ3v) is 4.62. The van der Waals surface area contributed by atoms with E-state index in [1.54, 1.807) is 6.33 Å². The van der Waals surface area contributed by atoms with Crippen LogP contribution in [0.15, 0.2) is 36.7 Å². The lowest BCUT2D eigenvalue weighted by atomic mass is 9.87. The van der Waals surface area contributed by atoms with Gasteiger partial charge in [-0.15, -0.1) is 10.2 Å². The lowest BCUT2D eigenvalue weighted by Crippen LogP contribution is -2.35. The highest BCUT2D eigenvalue weighted by Gasteiger charge is 2.26. The number of benzene rings is 1. The summed E-state index contributed by atoms with van der Waals surface area (Å²) in [5.74, 6) is 0.677. The Balaban J connectivity index is 1.51. The number of nitrogens with one attached hydrogen (secondary N) is 1. The van der Waals surface area contributed by atoms with Crippen LogP contribution in [0.25, 0.3) is 0 Å². The van der Waals surface area contributed by atoms with Crippen LogP contribution in [0.1, 0.15) is 37.1 Å². The average Bonchev–Trinajstić information content (AvgIpc) is 3.06. The quantitative estimate of drug-likeness (QED) is 0.845. The smallest absolute Gasteiger partial charge is 0.223 e. The second-order valence-electron chi connectivity index (χ2n) is 6.41. The van der Waals surface area contributed by atoms with Crippen molar-refractivity contribution in [1.82, 2.24) is 20.1 Å². The first-order valence-corrected chi connectivity index (χ1v) is 8.59. The van der Waals surface area contributed by atoms with Gasteiger partial charge in [0.2, 0.25) is 5.91 Å². The Labute approximate surface area is 141 Å². The monoisotopic (exact) mass is 328 g/mol. The van der Waals surface area contributed by atoms with Gasteiger partial charge in [0, 0.05) is 12.5 Å². The molecule has 0 aliphatic heterocycles. The molecule has 6 heteroatoms. The number of rotatable bonds is 6. The summed E-state index contributed by atoms with van der Waals surface area (Å²) >= 11 is 0. The predicted molar refractivity (Wildman–Crippen MR) is 90.0 cm³/mol. The van der Waals surface area contributed by atoms with Crippen LogP contribution in [0.4, 0.5) is 0 Å². The summed E-state index contributed by atoms with van der Waals surface area (Å²) in [5, 5.41) is 20.7. The fourth-order valence-corrected chi connectivity index (χ4v) is 3.21. The van der Waals surface area contributed by atoms with E-state index in [1.165, 1.54) is 5.56 Å². The molecule has 3 rings (SSSR count). The van der Waals surface area contributed by atoms with Crippen molar-refractivity contribution in [3.63, 3.8) is 0 Å². The number of amides is 1. The maximum atomic E-state index is 12.2. The largest absolute Gasteiger partial charge is 0.393 e. The number of aliphatic hydroxyl groups excluding tert-OH is 1. The summed E-state index contributed by atoms with van der Waals surface area (Å²) in [6, 6.07) is 10.3. The fraction of sp³-hybridized carbons (Fsp3) is 0.500. The first kappa shape index (κ1) is 16.6. The Kier molecular flexibility index (Phi) is 5.59. The van der Waals surface area contributed by atoms with Crippen molar-refractivity contribution in [2.75, 3.05) is 0 Å². The number of carbonyl (C=O) groups excluding carboxylic acids is 1. The molecule has 1 saturated carbocycles. The number of nitrogens with zero attached hydrogens (tertiary/aromatic N) is 3. The van der Waals surface area contributed by atoms with Crippen LogP contribution in [-0.2, 0) is 24.3 Å². The zero-order valence-electron chi connectivity index (χ0n) is 13.8. The lowest BCUT2D eigenvalue weighted by molar-refractivity contribution is -0.127. The number of aryl methyl sites for hydroxylation is 2. The van der Waals surface area contributed by atoms with Gasteiger partial charge >= 0.3 is 0 Å². The molecule has 6 nitrogen and oxygen atoms in total. The minimum absolute atomic E-state index is 0.00589. The molecule has 0 unspecified atom stereocenters. The highest BCUT2D eigenvalue weighted by Crippen LogP contribution is 2.24. The molecule has 1 aliphatic carbocycles. The van der Waals surface area contributed by atoms with E-state index in [-0.39, 0.29) is 17.9 Å². The van der Waals surface area contributed by atoms with E-state index in [0.717, 1.165) is 38.1 Å². The van der Waals surface area contributed by atoms with E-state index in [1.807, 2.05) is 22.8 Å². The highest BCUT2D eigenvalue weighted by molar-refractivity contribution is 5.78. The molecule has 2 atom stereocenters. The maximum Gasteiger partial charge on any atom is 0.223 e. The topological polar surface area (TPSA) is 80.0 Å². The number of aliphatic hydroxyl groups is 1. The predicted octanol–water partition coefficient (Wildman–Crippen LogP) is 1.69. The van der Waals surface area contributed by atoms with Crippen molar-refractivity contribution in [3.05, 3.63) is 48.0 Å². The number of aromatic nitrogens is 3. The van der Waals surface area contributed by atoms with E-state index in [2.05, 4.69) is 27.6 Å². The fourth-order valence-electron chi connectivity index (χ4n) is 3.21. The molecule has 0 spiro atoms. The SMILES string of the molecule is O=C(NCc1nncn1CCc1ccccc1)[C@H]1CCC[C@H](O)C1. The number of hydrogen-bond acceptors (Lipinski definition) is 4. The molecule has 1 aromatic heterocycles. The Morgan fingerprint density at radius 3 is 2.92 bits per heavy atom. The molecule has 1 fully saturated rings. The van der Waals surface area contributed by atoms with Crippen LogP contribution >= 0.6 is 0 Å². The third kappa shape index (κ3) is 4.41. The van der Waals surface area contributed by atoms with E-state index >= 15 is 0 Å². The summed E-state index contributed by atoms with van der Waals surface area (Å²) in [6.07, 6.45) is 5.38. The molecule has 24 heavy (non-hydrogen) atoms. The second-order valence-corrected chi connectivity index (χ2v) is 6.41. The maximum absolute atomic E-state index is 12.2. The molecule has 0 bridgehead atoms. The molecule has 0 radical (unpaired) electrons. The molecular weight excluding hydrogens is 304 g/mol. The van der Waals surface area contributed by atoms with Crippen molar-refractivity contribution in [3.8, 4) is 0 Å². The van der Waals surface area contributed by atoms with Gasteiger partial charge in [-0.05, 0) is 31.2 Å². The molecule has 1 amide bonds. The zero-order chi connectivity index (χ0) is 16.8. The number of carbonyl (C=O) groups is 1. The van der Waals surface area contributed by atoms with Gasteiger partial charge < -0.3 is 15.0 Å². The van der Waals surface area contributed by atoms with Gasteiger partial charge in [0.05, 0.1) is 12.6 Å². The van der Waals surface area contributed by atoms with Gasteiger partial charge in [-0.3, -0.25) is 4.79 Å². The number of hydrogen-bond donors (Lipinski definition) is 2. The molecule has 1 aromatic carbocycles. The second kappa shape index (κ2) is 8.06. The molecule has 0 saturated heterocycles. The summed E-state index contributed by atoms with van der Waals surface area (Å²) in [4.78, 5) is 12.2. The van der Waals surface area contributed by atoms with Crippen LogP contribution in [0.2, 0.25) is 0 Å². The van der Waals surface area contributed by atoms with Gasteiger partial charge in [-0.25, -0.2) is 0 Å². The van der Waals surface area contributed by atoms with E-state index in [9.17, 15) is 9.90 Å². The summed E-state index contributed by atoms with van der Waals surface area (Å²) in [7, 11) is 0. The van der Waals surface area contributed by atoms with Gasteiger partial charge in [0.15, 0.2) is 5.82 Å². The molecule has 2 aromatic rings. The van der Waals surface area contributed by atoms with Gasteiger partial charge in [0.1, 0.15) is 6.33 Å². The van der Waals surface area contributed by atoms with E-state index in [4.69, 9.17) is 0 Å². The average molecular weight is 328 g/mol. The van der Waals surface area contributed by atoms with Crippen molar-refractivity contribution in [1.29, 1.82) is 0 Å². The third-order valence-electron chi connectivity index (χ3n) is 4.62. The van der Waals surface area contributed by atoms with Gasteiger partial charge in [-0.1, -0.05) is 36.8 Å². The minimum atomic E-state index is -0.343. The van der Waals surface area contributed by atoms with Crippen LogP contribution in [-0.4, -0.2) is 31.9 Å². The zero-order valence-corrected chi connectivity index (χ0v) is 13.8. The summed E-state index contributed by atoms with van der Waals surface area (Å²) in [5.41, 5.74) is 1.26. The van der Waals surface area contributed by atoms with Gasteiger partial charge in [-0.2, -0.15) is 0 Å². The van der Waals surface area contributed by atoms with E-state index in [0.29, 0.717) is 13.0 Å². The molecule has 1 heterocycles. The van der Waals surface area contributed by atoms with Crippen LogP contribution in [0.5, 0.6) is 0 Å². The van der Waals surface area contributed by atoms with Gasteiger partial charge in [0.25, 0.3) is 0 Å². The van der Waals surface area contributed by atoms with Crippen molar-refractivity contribution >= 4 is 5.91 Å². The summed E-state index contributed by atoms with van der Waals surface area (Å²) in [6.45, 7) is 1.16. The Morgan fingerprint density at radius 1 is 1.29 bits per heavy atom. The molecular formula is C18H24N4O2. The first-order valence-electron chi connectivity index (χ1n) is 8.59. The first-order chi connectivity index (χ1) is 11.7. The molecule has 1 aliphatic rings.